The van der Waals surface area contributed by atoms with Crippen LogP contribution in [0.25, 0.3) is 0 Å². The van der Waals surface area contributed by atoms with Gasteiger partial charge >= 0.3 is 0 Å². The summed E-state index contributed by atoms with van der Waals surface area (Å²) < 4.78 is 10.5. The summed E-state index contributed by atoms with van der Waals surface area (Å²) in [4.78, 5) is 23.2. The van der Waals surface area contributed by atoms with Crippen molar-refractivity contribution in [1.82, 2.24) is 5.32 Å². The first kappa shape index (κ1) is 16.7. The first-order chi connectivity index (χ1) is 12.0. The van der Waals surface area contributed by atoms with Gasteiger partial charge in [-0.05, 0) is 54.7 Å². The molecule has 7 nitrogen and oxygen atoms in total. The maximum absolute atomic E-state index is 12.2. The van der Waals surface area contributed by atoms with E-state index in [-0.39, 0.29) is 23.7 Å². The molecule has 0 unspecified atom stereocenters. The van der Waals surface area contributed by atoms with Gasteiger partial charge in [-0.15, -0.1) is 0 Å². The molecule has 0 fully saturated rings. The second-order valence-electron chi connectivity index (χ2n) is 5.23. The van der Waals surface area contributed by atoms with Crippen LogP contribution in [0.4, 0.5) is 11.4 Å². The Hall–Kier alpha value is -3.13. The minimum atomic E-state index is -0.356. The summed E-state index contributed by atoms with van der Waals surface area (Å²) in [6.45, 7) is 1.59. The van der Waals surface area contributed by atoms with Gasteiger partial charge in [0.1, 0.15) is 0 Å². The van der Waals surface area contributed by atoms with Crippen LogP contribution < -0.4 is 25.4 Å². The summed E-state index contributed by atoms with van der Waals surface area (Å²) in [6.07, 6.45) is 0. The van der Waals surface area contributed by atoms with E-state index in [9.17, 15) is 9.59 Å². The Balaban J connectivity index is 1.58. The molecule has 3 N–H and O–H groups in total. The van der Waals surface area contributed by atoms with Crippen LogP contribution in [0, 0.1) is 0 Å². The molecule has 0 atom stereocenters. The van der Waals surface area contributed by atoms with Crippen LogP contribution in [0.15, 0.2) is 42.5 Å². The summed E-state index contributed by atoms with van der Waals surface area (Å²) in [5.41, 5.74) is 1.77. The summed E-state index contributed by atoms with van der Waals surface area (Å²) >= 11 is 5.15. The number of carbonyl (C=O) groups excluding carboxylic acids is 2. The van der Waals surface area contributed by atoms with E-state index in [0.717, 1.165) is 0 Å². The predicted molar refractivity (Wildman–Crippen MR) is 97.0 cm³/mol. The zero-order valence-electron chi connectivity index (χ0n) is 13.3. The molecular weight excluding hydrogens is 342 g/mol. The maximum atomic E-state index is 12.2. The van der Waals surface area contributed by atoms with E-state index < -0.39 is 0 Å². The van der Waals surface area contributed by atoms with E-state index >= 15 is 0 Å². The van der Waals surface area contributed by atoms with Crippen LogP contribution in [0.5, 0.6) is 11.5 Å². The summed E-state index contributed by atoms with van der Waals surface area (Å²) in [7, 11) is 0. The Morgan fingerprint density at radius 2 is 1.60 bits per heavy atom. The SMILES string of the molecule is CC(=O)Nc1ccc(NC(=S)NC(=O)c2ccc3c(c2)OCO3)cc1. The Bertz CT molecular complexity index is 836. The predicted octanol–water partition coefficient (Wildman–Crippen LogP) is 2.50. The zero-order chi connectivity index (χ0) is 17.8. The molecule has 0 saturated carbocycles. The number of amides is 2. The lowest BCUT2D eigenvalue weighted by Crippen LogP contribution is -2.34. The van der Waals surface area contributed by atoms with Crippen LogP contribution in [0.2, 0.25) is 0 Å². The first-order valence-corrected chi connectivity index (χ1v) is 7.82. The molecule has 8 heteroatoms. The Morgan fingerprint density at radius 1 is 0.960 bits per heavy atom. The minimum Gasteiger partial charge on any atom is -0.454 e. The highest BCUT2D eigenvalue weighted by atomic mass is 32.1. The van der Waals surface area contributed by atoms with E-state index in [1.54, 1.807) is 42.5 Å². The summed E-state index contributed by atoms with van der Waals surface area (Å²) in [6, 6.07) is 11.8. The van der Waals surface area contributed by atoms with Gasteiger partial charge in [-0.1, -0.05) is 0 Å². The molecule has 0 aromatic heterocycles. The Kier molecular flexibility index (Phi) is 4.80. The molecule has 3 rings (SSSR count). The number of nitrogens with one attached hydrogen (secondary N) is 3. The summed E-state index contributed by atoms with van der Waals surface area (Å²) in [5, 5.41) is 8.33. The van der Waals surface area contributed by atoms with Gasteiger partial charge in [0.05, 0.1) is 0 Å². The number of benzene rings is 2. The Morgan fingerprint density at radius 3 is 2.28 bits per heavy atom. The third-order valence-corrected chi connectivity index (χ3v) is 3.53. The molecule has 25 heavy (non-hydrogen) atoms. The van der Waals surface area contributed by atoms with Crippen molar-refractivity contribution in [3.05, 3.63) is 48.0 Å². The standard InChI is InChI=1S/C17H15N3O4S/c1-10(21)18-12-3-5-13(6-4-12)19-17(25)20-16(22)11-2-7-14-15(8-11)24-9-23-14/h2-8H,9H2,1H3,(H,18,21)(H2,19,20,22,25). The van der Waals surface area contributed by atoms with E-state index in [1.165, 1.54) is 6.92 Å². The van der Waals surface area contributed by atoms with Gasteiger partial charge in [0.2, 0.25) is 12.7 Å². The second-order valence-corrected chi connectivity index (χ2v) is 5.64. The third-order valence-electron chi connectivity index (χ3n) is 3.32. The van der Waals surface area contributed by atoms with Crippen molar-refractivity contribution in [2.45, 2.75) is 6.92 Å². The van der Waals surface area contributed by atoms with E-state index in [1.807, 2.05) is 0 Å². The molecule has 1 aliphatic heterocycles. The number of fused-ring (bicyclic) bond motifs is 1. The lowest BCUT2D eigenvalue weighted by Gasteiger charge is -2.10. The van der Waals surface area contributed by atoms with E-state index in [0.29, 0.717) is 28.4 Å². The smallest absolute Gasteiger partial charge is 0.257 e. The Labute approximate surface area is 149 Å². The van der Waals surface area contributed by atoms with Crippen LogP contribution in [0.1, 0.15) is 17.3 Å². The highest BCUT2D eigenvalue weighted by molar-refractivity contribution is 7.80. The number of rotatable bonds is 3. The van der Waals surface area contributed by atoms with Crippen molar-refractivity contribution >= 4 is 40.5 Å². The van der Waals surface area contributed by atoms with Gasteiger partial charge in [-0.3, -0.25) is 14.9 Å². The molecule has 1 heterocycles. The largest absolute Gasteiger partial charge is 0.454 e. The number of hydrogen-bond acceptors (Lipinski definition) is 5. The van der Waals surface area contributed by atoms with E-state index in [4.69, 9.17) is 21.7 Å². The molecule has 0 aliphatic carbocycles. The van der Waals surface area contributed by atoms with Gasteiger partial charge in [0.15, 0.2) is 16.6 Å². The minimum absolute atomic E-state index is 0.146. The van der Waals surface area contributed by atoms with Crippen molar-refractivity contribution in [2.75, 3.05) is 17.4 Å². The lowest BCUT2D eigenvalue weighted by molar-refractivity contribution is -0.114. The van der Waals surface area contributed by atoms with Crippen molar-refractivity contribution in [3.63, 3.8) is 0 Å². The van der Waals surface area contributed by atoms with Gasteiger partial charge < -0.3 is 20.1 Å². The fourth-order valence-electron chi connectivity index (χ4n) is 2.22. The van der Waals surface area contributed by atoms with Crippen molar-refractivity contribution in [3.8, 4) is 11.5 Å². The molecule has 0 saturated heterocycles. The molecule has 0 radical (unpaired) electrons. The third kappa shape index (κ3) is 4.24. The summed E-state index contributed by atoms with van der Waals surface area (Å²) in [5.74, 6) is 0.634. The molecule has 128 valence electrons. The van der Waals surface area contributed by atoms with Gasteiger partial charge in [-0.2, -0.15) is 0 Å². The van der Waals surface area contributed by atoms with Gasteiger partial charge in [0, 0.05) is 23.9 Å². The van der Waals surface area contributed by atoms with Gasteiger partial charge in [-0.25, -0.2) is 0 Å². The number of thiocarbonyl (C=S) groups is 1. The fraction of sp³-hybridized carbons (Fsp3) is 0.118. The topological polar surface area (TPSA) is 88.7 Å². The molecule has 0 bridgehead atoms. The molecule has 0 spiro atoms. The van der Waals surface area contributed by atoms with Crippen LogP contribution in [-0.2, 0) is 4.79 Å². The quantitative estimate of drug-likeness (QED) is 0.732. The number of carbonyl (C=O) groups is 2. The molecule has 1 aliphatic rings. The number of anilines is 2. The lowest BCUT2D eigenvalue weighted by atomic mass is 10.2. The average molecular weight is 357 g/mol. The second kappa shape index (κ2) is 7.18. The molecular formula is C17H15N3O4S. The molecule has 2 aromatic carbocycles. The first-order valence-electron chi connectivity index (χ1n) is 7.41. The zero-order valence-corrected chi connectivity index (χ0v) is 14.1. The van der Waals surface area contributed by atoms with Crippen molar-refractivity contribution < 1.29 is 19.1 Å². The fourth-order valence-corrected chi connectivity index (χ4v) is 2.43. The normalized spacial score (nSPS) is 11.6. The highest BCUT2D eigenvalue weighted by Gasteiger charge is 2.16. The van der Waals surface area contributed by atoms with Crippen LogP contribution in [0.3, 0.4) is 0 Å². The average Bonchev–Trinajstić information content (AvgIpc) is 3.03. The van der Waals surface area contributed by atoms with E-state index in [2.05, 4.69) is 16.0 Å². The number of hydrogen-bond donors (Lipinski definition) is 3. The highest BCUT2D eigenvalue weighted by Crippen LogP contribution is 2.32. The monoisotopic (exact) mass is 357 g/mol. The maximum Gasteiger partial charge on any atom is 0.257 e. The van der Waals surface area contributed by atoms with Crippen LogP contribution in [-0.4, -0.2) is 23.7 Å². The van der Waals surface area contributed by atoms with Crippen LogP contribution >= 0.6 is 12.2 Å². The van der Waals surface area contributed by atoms with Crippen molar-refractivity contribution in [2.24, 2.45) is 0 Å². The van der Waals surface area contributed by atoms with Gasteiger partial charge in [0.25, 0.3) is 5.91 Å². The molecule has 2 aromatic rings. The number of ether oxygens (including phenoxy) is 2. The van der Waals surface area contributed by atoms with Crippen molar-refractivity contribution in [1.29, 1.82) is 0 Å². The molecule has 2 amide bonds.